The topological polar surface area (TPSA) is 58.8 Å². The molecule has 2 aliphatic rings. The largest absolute Gasteiger partial charge is 0.457 e. The van der Waals surface area contributed by atoms with E-state index < -0.39 is 5.41 Å². The summed E-state index contributed by atoms with van der Waals surface area (Å²) in [6, 6.07) is 59.3. The van der Waals surface area contributed by atoms with E-state index in [1.165, 1.54) is 15.8 Å². The van der Waals surface area contributed by atoms with Crippen LogP contribution in [0.1, 0.15) is 27.8 Å². The Hall–Kier alpha value is -6.87. The molecule has 246 valence electrons. The molecule has 4 nitrogen and oxygen atoms in total. The van der Waals surface area contributed by atoms with Crippen molar-refractivity contribution in [3.8, 4) is 62.5 Å². The summed E-state index contributed by atoms with van der Waals surface area (Å²) in [7, 11) is 0. The number of para-hydroxylation sites is 1. The third-order valence-electron chi connectivity index (χ3n) is 10.8. The van der Waals surface area contributed by atoms with Crippen LogP contribution < -0.4 is 4.74 Å². The number of thiophene rings is 1. The van der Waals surface area contributed by atoms with Crippen molar-refractivity contribution < 1.29 is 4.74 Å². The van der Waals surface area contributed by atoms with Crippen LogP contribution >= 0.6 is 11.3 Å². The molecule has 0 saturated carbocycles. The summed E-state index contributed by atoms with van der Waals surface area (Å²) in [5.41, 5.74) is 12.6. The van der Waals surface area contributed by atoms with E-state index in [1.807, 2.05) is 24.3 Å². The average molecular weight is 694 g/mol. The maximum Gasteiger partial charge on any atom is 0.161 e. The first-order valence-corrected chi connectivity index (χ1v) is 18.4. The maximum atomic E-state index is 10.1. The van der Waals surface area contributed by atoms with Crippen LogP contribution in [0.4, 0.5) is 0 Å². The molecule has 1 unspecified atom stereocenters. The zero-order valence-electron chi connectivity index (χ0n) is 28.2. The van der Waals surface area contributed by atoms with E-state index in [4.69, 9.17) is 14.7 Å². The molecule has 1 aliphatic heterocycles. The van der Waals surface area contributed by atoms with E-state index >= 15 is 0 Å². The van der Waals surface area contributed by atoms with Crippen molar-refractivity contribution in [1.29, 1.82) is 5.26 Å². The van der Waals surface area contributed by atoms with E-state index in [9.17, 15) is 5.26 Å². The van der Waals surface area contributed by atoms with Gasteiger partial charge in [0, 0.05) is 32.3 Å². The Morgan fingerprint density at radius 2 is 1.23 bits per heavy atom. The van der Waals surface area contributed by atoms with Crippen LogP contribution in [0.15, 0.2) is 164 Å². The predicted octanol–water partition coefficient (Wildman–Crippen LogP) is 12.2. The van der Waals surface area contributed by atoms with Crippen LogP contribution in [0.5, 0.6) is 11.5 Å². The Morgan fingerprint density at radius 3 is 2.09 bits per heavy atom. The molecule has 1 aliphatic carbocycles. The number of rotatable bonds is 3. The number of fused-ring (bicyclic) bond motifs is 12. The van der Waals surface area contributed by atoms with Gasteiger partial charge in [0.25, 0.3) is 0 Å². The van der Waals surface area contributed by atoms with Crippen LogP contribution in [0, 0.1) is 11.3 Å². The van der Waals surface area contributed by atoms with Gasteiger partial charge in [-0.15, -0.1) is 11.3 Å². The van der Waals surface area contributed by atoms with Crippen molar-refractivity contribution in [3.05, 3.63) is 192 Å². The monoisotopic (exact) mass is 693 g/mol. The lowest BCUT2D eigenvalue weighted by molar-refractivity contribution is 0.436. The number of benzene rings is 7. The fourth-order valence-corrected chi connectivity index (χ4v) is 9.72. The molecule has 53 heavy (non-hydrogen) atoms. The van der Waals surface area contributed by atoms with Gasteiger partial charge in [-0.2, -0.15) is 5.26 Å². The second kappa shape index (κ2) is 11.3. The number of ether oxygens (including phenoxy) is 1. The molecule has 1 atom stereocenters. The molecule has 0 N–H and O–H groups in total. The lowest BCUT2D eigenvalue weighted by Crippen LogP contribution is -2.32. The summed E-state index contributed by atoms with van der Waals surface area (Å²) in [5, 5.41) is 11.2. The molecular weight excluding hydrogens is 667 g/mol. The summed E-state index contributed by atoms with van der Waals surface area (Å²) >= 11 is 1.74. The zero-order valence-corrected chi connectivity index (χ0v) is 29.1. The van der Waals surface area contributed by atoms with E-state index in [0.29, 0.717) is 11.4 Å². The maximum absolute atomic E-state index is 10.1. The van der Waals surface area contributed by atoms with Gasteiger partial charge in [0.15, 0.2) is 5.82 Å². The van der Waals surface area contributed by atoms with Gasteiger partial charge < -0.3 is 4.74 Å². The summed E-state index contributed by atoms with van der Waals surface area (Å²) in [4.78, 5) is 10.7. The summed E-state index contributed by atoms with van der Waals surface area (Å²) < 4.78 is 8.99. The molecule has 11 rings (SSSR count). The molecular formula is C48H27N3OS. The normalized spacial score (nSPS) is 15.0. The van der Waals surface area contributed by atoms with Crippen LogP contribution in [0.2, 0.25) is 0 Å². The minimum Gasteiger partial charge on any atom is -0.457 e. The second-order valence-corrected chi connectivity index (χ2v) is 14.6. The summed E-state index contributed by atoms with van der Waals surface area (Å²) in [6.45, 7) is 0. The van der Waals surface area contributed by atoms with Crippen molar-refractivity contribution in [2.24, 2.45) is 0 Å². The van der Waals surface area contributed by atoms with Crippen LogP contribution in [0.3, 0.4) is 0 Å². The molecule has 1 spiro atoms. The van der Waals surface area contributed by atoms with Gasteiger partial charge >= 0.3 is 0 Å². The minimum atomic E-state index is -0.695. The Bertz CT molecular complexity index is 3010. The highest BCUT2D eigenvalue weighted by Gasteiger charge is 2.51. The number of nitrogens with zero attached hydrogens (tertiary/aromatic N) is 3. The van der Waals surface area contributed by atoms with Crippen molar-refractivity contribution in [2.45, 2.75) is 5.41 Å². The fourth-order valence-electron chi connectivity index (χ4n) is 8.57. The second-order valence-electron chi connectivity index (χ2n) is 13.6. The first kappa shape index (κ1) is 29.8. The Balaban J connectivity index is 1.18. The van der Waals surface area contributed by atoms with Gasteiger partial charge in [0.1, 0.15) is 11.5 Å². The Labute approximate surface area is 309 Å². The summed E-state index contributed by atoms with van der Waals surface area (Å²) in [6.07, 6.45) is 0. The molecule has 0 bridgehead atoms. The molecule has 9 aromatic rings. The van der Waals surface area contributed by atoms with Gasteiger partial charge in [-0.3, -0.25) is 0 Å². The van der Waals surface area contributed by atoms with Crippen molar-refractivity contribution in [3.63, 3.8) is 0 Å². The highest BCUT2D eigenvalue weighted by atomic mass is 32.1. The van der Waals surface area contributed by atoms with Gasteiger partial charge in [-0.1, -0.05) is 127 Å². The van der Waals surface area contributed by atoms with E-state index in [0.717, 1.165) is 77.3 Å². The van der Waals surface area contributed by atoms with E-state index in [-0.39, 0.29) is 0 Å². The molecule has 0 radical (unpaired) electrons. The number of hydrogen-bond acceptors (Lipinski definition) is 5. The number of nitriles is 1. The predicted molar refractivity (Wildman–Crippen MR) is 213 cm³/mol. The molecule has 7 aromatic carbocycles. The summed E-state index contributed by atoms with van der Waals surface area (Å²) in [5.74, 6) is 2.29. The van der Waals surface area contributed by atoms with E-state index in [2.05, 4.69) is 146 Å². The molecule has 3 heterocycles. The smallest absolute Gasteiger partial charge is 0.161 e. The van der Waals surface area contributed by atoms with Crippen LogP contribution in [0.25, 0.3) is 65.2 Å². The van der Waals surface area contributed by atoms with Gasteiger partial charge in [-0.05, 0) is 69.8 Å². The molecule has 0 amide bonds. The molecule has 2 aromatic heterocycles. The van der Waals surface area contributed by atoms with Crippen molar-refractivity contribution in [1.82, 2.24) is 9.97 Å². The molecule has 0 fully saturated rings. The third kappa shape index (κ3) is 4.21. The van der Waals surface area contributed by atoms with Gasteiger partial charge in [-0.25, -0.2) is 9.97 Å². The zero-order chi connectivity index (χ0) is 35.1. The van der Waals surface area contributed by atoms with E-state index in [1.54, 1.807) is 11.3 Å². The third-order valence-corrected chi connectivity index (χ3v) is 12.0. The average Bonchev–Trinajstić information content (AvgIpc) is 3.74. The van der Waals surface area contributed by atoms with Gasteiger partial charge in [0.05, 0.1) is 33.0 Å². The SMILES string of the molecule is N#Cc1ccc2c(c1)C1(c3ccccc3Oc3ccc(-c4ccccc4-c4nc(-c5ccccc5)c5sc6ccccc6c5n4)cc31)c1ccccc1-2. The lowest BCUT2D eigenvalue weighted by Gasteiger charge is -2.39. The number of aromatic nitrogens is 2. The van der Waals surface area contributed by atoms with Crippen LogP contribution in [-0.4, -0.2) is 9.97 Å². The first-order valence-electron chi connectivity index (χ1n) is 17.6. The molecule has 0 saturated heterocycles. The highest BCUT2D eigenvalue weighted by molar-refractivity contribution is 7.26. The van der Waals surface area contributed by atoms with Crippen molar-refractivity contribution >= 4 is 31.6 Å². The van der Waals surface area contributed by atoms with Gasteiger partial charge in [0.2, 0.25) is 0 Å². The van der Waals surface area contributed by atoms with Crippen LogP contribution in [-0.2, 0) is 5.41 Å². The van der Waals surface area contributed by atoms with Crippen molar-refractivity contribution in [2.75, 3.05) is 0 Å². The molecule has 5 heteroatoms. The minimum absolute atomic E-state index is 0.630. The first-order chi connectivity index (χ1) is 26.2. The fraction of sp³-hybridized carbons (Fsp3) is 0.0208. The lowest BCUT2D eigenvalue weighted by atomic mass is 9.65. The quantitative estimate of drug-likeness (QED) is 0.185. The Morgan fingerprint density at radius 1 is 0.528 bits per heavy atom. The Kier molecular flexibility index (Phi) is 6.37. The standard InChI is InChI=1S/C48H27N3OS/c49-28-29-22-24-34-33-15-6-8-18-37(33)48(39(34)26-29)38-19-9-10-20-41(38)52-42-25-23-31(27-40(42)48)32-14-4-5-16-35(32)47-50-44(30-12-2-1-3-13-30)46-45(51-47)36-17-7-11-21-43(36)53-46/h1-27H. The number of hydrogen-bond donors (Lipinski definition) is 0. The highest BCUT2D eigenvalue weighted by Crippen LogP contribution is 2.62.